The molecule has 0 radical (unpaired) electrons. The minimum absolute atomic E-state index is 0.818. The zero-order valence-electron chi connectivity index (χ0n) is 16.6. The average Bonchev–Trinajstić information content (AvgIpc) is 2.66. The SMILES string of the molecule is CCCCN(C)c1nc(N(C)C)nc2c1CN(Cc1ccccc1)CC2. The van der Waals surface area contributed by atoms with Crippen LogP contribution in [0, 0.1) is 0 Å². The number of nitrogens with zero attached hydrogens (tertiary/aromatic N) is 5. The summed E-state index contributed by atoms with van der Waals surface area (Å²) in [5, 5.41) is 0. The van der Waals surface area contributed by atoms with Crippen molar-refractivity contribution in [1.29, 1.82) is 0 Å². The molecular formula is C21H31N5. The fourth-order valence-corrected chi connectivity index (χ4v) is 3.43. The summed E-state index contributed by atoms with van der Waals surface area (Å²) in [7, 11) is 6.19. The lowest BCUT2D eigenvalue weighted by Gasteiger charge is -2.32. The maximum atomic E-state index is 4.89. The molecule has 3 rings (SSSR count). The number of hydrogen-bond acceptors (Lipinski definition) is 5. The molecule has 140 valence electrons. The van der Waals surface area contributed by atoms with Gasteiger partial charge in [0.05, 0.1) is 5.69 Å². The van der Waals surface area contributed by atoms with E-state index in [1.807, 2.05) is 19.0 Å². The maximum absolute atomic E-state index is 4.89. The van der Waals surface area contributed by atoms with E-state index in [4.69, 9.17) is 9.97 Å². The lowest BCUT2D eigenvalue weighted by molar-refractivity contribution is 0.243. The second-order valence-electron chi connectivity index (χ2n) is 7.39. The van der Waals surface area contributed by atoms with E-state index in [2.05, 4.69) is 54.1 Å². The molecule has 0 atom stereocenters. The maximum Gasteiger partial charge on any atom is 0.227 e. The van der Waals surface area contributed by atoms with Crippen LogP contribution in [0.15, 0.2) is 30.3 Å². The van der Waals surface area contributed by atoms with Gasteiger partial charge in [-0.05, 0) is 12.0 Å². The molecule has 1 aromatic heterocycles. The van der Waals surface area contributed by atoms with E-state index in [0.717, 1.165) is 44.4 Å². The molecular weight excluding hydrogens is 322 g/mol. The van der Waals surface area contributed by atoms with Gasteiger partial charge in [-0.15, -0.1) is 0 Å². The first-order valence-corrected chi connectivity index (χ1v) is 9.63. The largest absolute Gasteiger partial charge is 0.359 e. The number of fused-ring (bicyclic) bond motifs is 1. The van der Waals surface area contributed by atoms with E-state index in [1.54, 1.807) is 0 Å². The predicted octanol–water partition coefficient (Wildman–Crippen LogP) is 3.34. The molecule has 2 aromatic rings. The van der Waals surface area contributed by atoms with E-state index in [-0.39, 0.29) is 0 Å². The molecule has 0 saturated heterocycles. The van der Waals surface area contributed by atoms with Crippen LogP contribution in [0.3, 0.4) is 0 Å². The first kappa shape index (κ1) is 18.6. The Kier molecular flexibility index (Phi) is 6.09. The van der Waals surface area contributed by atoms with Gasteiger partial charge in [-0.2, -0.15) is 4.98 Å². The van der Waals surface area contributed by atoms with Crippen molar-refractivity contribution in [3.63, 3.8) is 0 Å². The highest BCUT2D eigenvalue weighted by Crippen LogP contribution is 2.29. The Bertz CT molecular complexity index is 714. The average molecular weight is 354 g/mol. The van der Waals surface area contributed by atoms with Crippen LogP contribution in [0.25, 0.3) is 0 Å². The molecule has 0 spiro atoms. The topological polar surface area (TPSA) is 35.5 Å². The van der Waals surface area contributed by atoms with Gasteiger partial charge in [0, 0.05) is 59.3 Å². The fourth-order valence-electron chi connectivity index (χ4n) is 3.43. The van der Waals surface area contributed by atoms with Gasteiger partial charge in [0.15, 0.2) is 0 Å². The zero-order valence-corrected chi connectivity index (χ0v) is 16.6. The number of benzene rings is 1. The van der Waals surface area contributed by atoms with Crippen molar-refractivity contribution in [2.24, 2.45) is 0 Å². The Labute approximate surface area is 157 Å². The molecule has 5 heteroatoms. The number of hydrogen-bond donors (Lipinski definition) is 0. The molecule has 0 fully saturated rings. The van der Waals surface area contributed by atoms with E-state index in [1.165, 1.54) is 29.7 Å². The van der Waals surface area contributed by atoms with Crippen molar-refractivity contribution in [2.75, 3.05) is 44.0 Å². The second kappa shape index (κ2) is 8.49. The third kappa shape index (κ3) is 4.33. The fraction of sp³-hybridized carbons (Fsp3) is 0.524. The quantitative estimate of drug-likeness (QED) is 0.763. The Morgan fingerprint density at radius 1 is 1.08 bits per heavy atom. The Morgan fingerprint density at radius 3 is 2.54 bits per heavy atom. The van der Waals surface area contributed by atoms with Gasteiger partial charge in [-0.3, -0.25) is 4.90 Å². The van der Waals surface area contributed by atoms with Gasteiger partial charge in [0.2, 0.25) is 5.95 Å². The van der Waals surface area contributed by atoms with Crippen LogP contribution in [-0.4, -0.2) is 49.1 Å². The predicted molar refractivity (Wildman–Crippen MR) is 109 cm³/mol. The number of rotatable bonds is 7. The van der Waals surface area contributed by atoms with Gasteiger partial charge in [-0.1, -0.05) is 43.7 Å². The lowest BCUT2D eigenvalue weighted by Crippen LogP contribution is -2.34. The molecule has 0 aliphatic carbocycles. The summed E-state index contributed by atoms with van der Waals surface area (Å²) >= 11 is 0. The van der Waals surface area contributed by atoms with Crippen LogP contribution in [0.5, 0.6) is 0 Å². The first-order valence-electron chi connectivity index (χ1n) is 9.63. The van der Waals surface area contributed by atoms with Crippen molar-refractivity contribution >= 4 is 11.8 Å². The summed E-state index contributed by atoms with van der Waals surface area (Å²) in [5.74, 6) is 1.92. The van der Waals surface area contributed by atoms with Gasteiger partial charge in [0.25, 0.3) is 0 Å². The molecule has 0 bridgehead atoms. The van der Waals surface area contributed by atoms with Crippen molar-refractivity contribution in [1.82, 2.24) is 14.9 Å². The summed E-state index contributed by atoms with van der Waals surface area (Å²) in [4.78, 5) is 16.6. The summed E-state index contributed by atoms with van der Waals surface area (Å²) < 4.78 is 0. The van der Waals surface area contributed by atoms with Gasteiger partial charge >= 0.3 is 0 Å². The number of unbranched alkanes of at least 4 members (excludes halogenated alkanes) is 1. The second-order valence-corrected chi connectivity index (χ2v) is 7.39. The highest BCUT2D eigenvalue weighted by Gasteiger charge is 2.24. The van der Waals surface area contributed by atoms with Crippen molar-refractivity contribution in [3.05, 3.63) is 47.2 Å². The summed E-state index contributed by atoms with van der Waals surface area (Å²) in [6.45, 7) is 6.21. The molecule has 0 saturated carbocycles. The first-order chi connectivity index (χ1) is 12.6. The molecule has 0 amide bonds. The third-order valence-corrected chi connectivity index (χ3v) is 4.96. The molecule has 0 unspecified atom stereocenters. The van der Waals surface area contributed by atoms with Crippen LogP contribution in [0.1, 0.15) is 36.6 Å². The standard InChI is InChI=1S/C21H31N5/c1-5-6-13-25(4)20-18-16-26(15-17-10-8-7-9-11-17)14-12-19(18)22-21(23-20)24(2)3/h7-11H,5-6,12-16H2,1-4H3. The van der Waals surface area contributed by atoms with Crippen molar-refractivity contribution in [3.8, 4) is 0 Å². The molecule has 5 nitrogen and oxygen atoms in total. The minimum atomic E-state index is 0.818. The number of anilines is 2. The third-order valence-electron chi connectivity index (χ3n) is 4.96. The summed E-state index contributed by atoms with van der Waals surface area (Å²) in [6, 6.07) is 10.7. The minimum Gasteiger partial charge on any atom is -0.359 e. The highest BCUT2D eigenvalue weighted by molar-refractivity contribution is 5.53. The highest BCUT2D eigenvalue weighted by atomic mass is 15.3. The Morgan fingerprint density at radius 2 is 1.85 bits per heavy atom. The van der Waals surface area contributed by atoms with E-state index in [0.29, 0.717) is 0 Å². The number of aromatic nitrogens is 2. The van der Waals surface area contributed by atoms with Crippen LogP contribution in [0.4, 0.5) is 11.8 Å². The van der Waals surface area contributed by atoms with Crippen LogP contribution in [0.2, 0.25) is 0 Å². The van der Waals surface area contributed by atoms with Gasteiger partial charge < -0.3 is 9.80 Å². The smallest absolute Gasteiger partial charge is 0.227 e. The van der Waals surface area contributed by atoms with Crippen molar-refractivity contribution in [2.45, 2.75) is 39.3 Å². The summed E-state index contributed by atoms with van der Waals surface area (Å²) in [6.07, 6.45) is 3.36. The van der Waals surface area contributed by atoms with Crippen LogP contribution >= 0.6 is 0 Å². The molecule has 1 aliphatic rings. The molecule has 1 aliphatic heterocycles. The molecule has 26 heavy (non-hydrogen) atoms. The molecule has 0 N–H and O–H groups in total. The summed E-state index contributed by atoms with van der Waals surface area (Å²) in [5.41, 5.74) is 3.88. The molecule has 2 heterocycles. The van der Waals surface area contributed by atoms with Gasteiger partial charge in [0.1, 0.15) is 5.82 Å². The molecule has 1 aromatic carbocycles. The van der Waals surface area contributed by atoms with Crippen LogP contribution in [-0.2, 0) is 19.5 Å². The monoisotopic (exact) mass is 353 g/mol. The van der Waals surface area contributed by atoms with Crippen LogP contribution < -0.4 is 9.80 Å². The zero-order chi connectivity index (χ0) is 18.5. The van der Waals surface area contributed by atoms with Crippen molar-refractivity contribution < 1.29 is 0 Å². The Hall–Kier alpha value is -2.14. The van der Waals surface area contributed by atoms with E-state index in [9.17, 15) is 0 Å². The Balaban J connectivity index is 1.86. The van der Waals surface area contributed by atoms with E-state index < -0.39 is 0 Å². The lowest BCUT2D eigenvalue weighted by atomic mass is 10.0. The van der Waals surface area contributed by atoms with E-state index >= 15 is 0 Å². The normalized spacial score (nSPS) is 14.2. The van der Waals surface area contributed by atoms with Gasteiger partial charge in [-0.25, -0.2) is 4.98 Å².